The standard InChI is InChI=1S/C10H19N3O3/c11-8(14)4-2-1-3-7-13-10(16)6-5-9(12)15/h1-7H2,(H2,11,14)(H2,12,15)(H,13,16). The number of hydrogen-bond acceptors (Lipinski definition) is 3. The lowest BCUT2D eigenvalue weighted by molar-refractivity contribution is -0.125. The van der Waals surface area contributed by atoms with Crippen molar-refractivity contribution >= 4 is 17.7 Å². The Labute approximate surface area is 94.7 Å². The van der Waals surface area contributed by atoms with Crippen molar-refractivity contribution in [3.8, 4) is 0 Å². The maximum absolute atomic E-state index is 11.1. The number of nitrogens with two attached hydrogens (primary N) is 2. The van der Waals surface area contributed by atoms with Crippen molar-refractivity contribution in [1.82, 2.24) is 5.32 Å². The minimum Gasteiger partial charge on any atom is -0.370 e. The molecule has 0 atom stereocenters. The van der Waals surface area contributed by atoms with Crippen LogP contribution in [0.3, 0.4) is 0 Å². The number of unbranched alkanes of at least 4 members (excludes halogenated alkanes) is 2. The van der Waals surface area contributed by atoms with Crippen LogP contribution in [0.25, 0.3) is 0 Å². The van der Waals surface area contributed by atoms with Crippen molar-refractivity contribution < 1.29 is 14.4 Å². The summed E-state index contributed by atoms with van der Waals surface area (Å²) in [7, 11) is 0. The largest absolute Gasteiger partial charge is 0.370 e. The van der Waals surface area contributed by atoms with E-state index in [1.807, 2.05) is 0 Å². The quantitative estimate of drug-likeness (QED) is 0.459. The molecule has 0 saturated heterocycles. The predicted octanol–water partition coefficient (Wildman–Crippen LogP) is -0.586. The Bertz CT molecular complexity index is 254. The SMILES string of the molecule is NC(=O)CCCCCNC(=O)CCC(N)=O. The minimum absolute atomic E-state index is 0.0769. The van der Waals surface area contributed by atoms with E-state index in [1.54, 1.807) is 0 Å². The van der Waals surface area contributed by atoms with Gasteiger partial charge in [0.15, 0.2) is 0 Å². The van der Waals surface area contributed by atoms with Crippen molar-refractivity contribution in [3.63, 3.8) is 0 Å². The van der Waals surface area contributed by atoms with Crippen LogP contribution in [-0.4, -0.2) is 24.3 Å². The number of amides is 3. The summed E-state index contributed by atoms with van der Waals surface area (Å²) in [5, 5.41) is 2.66. The highest BCUT2D eigenvalue weighted by atomic mass is 16.2. The Balaban J connectivity index is 3.27. The first kappa shape index (κ1) is 14.4. The van der Waals surface area contributed by atoms with Crippen LogP contribution >= 0.6 is 0 Å². The van der Waals surface area contributed by atoms with Crippen molar-refractivity contribution in [1.29, 1.82) is 0 Å². The van der Waals surface area contributed by atoms with Crippen LogP contribution in [0.15, 0.2) is 0 Å². The van der Waals surface area contributed by atoms with E-state index in [0.717, 1.165) is 19.3 Å². The third-order valence-electron chi connectivity index (χ3n) is 2.02. The molecule has 6 heteroatoms. The molecule has 0 spiro atoms. The molecular weight excluding hydrogens is 210 g/mol. The van der Waals surface area contributed by atoms with Gasteiger partial charge in [0.25, 0.3) is 0 Å². The maximum Gasteiger partial charge on any atom is 0.220 e. The molecule has 6 nitrogen and oxygen atoms in total. The highest BCUT2D eigenvalue weighted by molar-refractivity contribution is 5.82. The van der Waals surface area contributed by atoms with E-state index in [9.17, 15) is 14.4 Å². The zero-order chi connectivity index (χ0) is 12.4. The second kappa shape index (κ2) is 8.70. The van der Waals surface area contributed by atoms with Crippen molar-refractivity contribution in [2.75, 3.05) is 6.54 Å². The first-order chi connectivity index (χ1) is 7.52. The van der Waals surface area contributed by atoms with E-state index in [4.69, 9.17) is 11.5 Å². The van der Waals surface area contributed by atoms with E-state index < -0.39 is 5.91 Å². The summed E-state index contributed by atoms with van der Waals surface area (Å²) in [6.45, 7) is 0.552. The number of carbonyl (C=O) groups excluding carboxylic acids is 3. The summed E-state index contributed by atoms with van der Waals surface area (Å²) in [5.41, 5.74) is 9.87. The number of rotatable bonds is 9. The van der Waals surface area contributed by atoms with Gasteiger partial charge in [-0.25, -0.2) is 0 Å². The maximum atomic E-state index is 11.1. The fourth-order valence-corrected chi connectivity index (χ4v) is 1.15. The zero-order valence-corrected chi connectivity index (χ0v) is 9.33. The van der Waals surface area contributed by atoms with Crippen molar-refractivity contribution in [3.05, 3.63) is 0 Å². The molecule has 0 bridgehead atoms. The molecule has 0 radical (unpaired) electrons. The Kier molecular flexibility index (Phi) is 7.83. The highest BCUT2D eigenvalue weighted by Crippen LogP contribution is 1.98. The molecule has 0 aliphatic rings. The van der Waals surface area contributed by atoms with Crippen LogP contribution in [0.5, 0.6) is 0 Å². The number of hydrogen-bond donors (Lipinski definition) is 3. The molecule has 0 aromatic heterocycles. The minimum atomic E-state index is -0.475. The molecule has 0 aliphatic heterocycles. The summed E-state index contributed by atoms with van der Waals surface area (Å²) in [6.07, 6.45) is 2.99. The number of nitrogens with one attached hydrogen (secondary N) is 1. The molecule has 0 aromatic rings. The lowest BCUT2D eigenvalue weighted by atomic mass is 10.2. The predicted molar refractivity (Wildman–Crippen MR) is 59.1 cm³/mol. The van der Waals surface area contributed by atoms with Gasteiger partial charge in [0.2, 0.25) is 17.7 Å². The number of primary amides is 2. The zero-order valence-electron chi connectivity index (χ0n) is 9.33. The third kappa shape index (κ3) is 10.5. The molecule has 5 N–H and O–H groups in total. The van der Waals surface area contributed by atoms with Crippen LogP contribution in [-0.2, 0) is 14.4 Å². The monoisotopic (exact) mass is 229 g/mol. The van der Waals surface area contributed by atoms with Crippen LogP contribution < -0.4 is 16.8 Å². The molecule has 92 valence electrons. The van der Waals surface area contributed by atoms with Crippen LogP contribution in [0.4, 0.5) is 0 Å². The molecule has 0 aromatic carbocycles. The van der Waals surface area contributed by atoms with E-state index in [-0.39, 0.29) is 24.7 Å². The Hall–Kier alpha value is -1.59. The van der Waals surface area contributed by atoms with Crippen LogP contribution in [0, 0.1) is 0 Å². The van der Waals surface area contributed by atoms with E-state index in [2.05, 4.69) is 5.32 Å². The smallest absolute Gasteiger partial charge is 0.220 e. The Morgan fingerprint density at radius 2 is 1.44 bits per heavy atom. The van der Waals surface area contributed by atoms with Gasteiger partial charge in [-0.2, -0.15) is 0 Å². The normalized spacial score (nSPS) is 9.75. The summed E-state index contributed by atoms with van der Waals surface area (Å²) in [4.78, 5) is 31.9. The first-order valence-corrected chi connectivity index (χ1v) is 5.35. The molecule has 16 heavy (non-hydrogen) atoms. The van der Waals surface area contributed by atoms with E-state index in [1.165, 1.54) is 0 Å². The van der Waals surface area contributed by atoms with Crippen LogP contribution in [0.1, 0.15) is 38.5 Å². The summed E-state index contributed by atoms with van der Waals surface area (Å²) >= 11 is 0. The summed E-state index contributed by atoms with van der Waals surface area (Å²) in [6, 6.07) is 0. The molecule has 0 aliphatic carbocycles. The molecule has 0 unspecified atom stereocenters. The average molecular weight is 229 g/mol. The lowest BCUT2D eigenvalue weighted by Gasteiger charge is -2.03. The van der Waals surface area contributed by atoms with Gasteiger partial charge in [-0.15, -0.1) is 0 Å². The molecule has 0 rings (SSSR count). The average Bonchev–Trinajstić information content (AvgIpc) is 2.19. The lowest BCUT2D eigenvalue weighted by Crippen LogP contribution is -2.25. The molecular formula is C10H19N3O3. The Morgan fingerprint density at radius 1 is 0.812 bits per heavy atom. The van der Waals surface area contributed by atoms with E-state index in [0.29, 0.717) is 13.0 Å². The second-order valence-corrected chi connectivity index (χ2v) is 3.59. The fraction of sp³-hybridized carbons (Fsp3) is 0.700. The van der Waals surface area contributed by atoms with Gasteiger partial charge in [-0.05, 0) is 12.8 Å². The van der Waals surface area contributed by atoms with Gasteiger partial charge >= 0.3 is 0 Å². The number of carbonyl (C=O) groups is 3. The topological polar surface area (TPSA) is 115 Å². The molecule has 3 amide bonds. The second-order valence-electron chi connectivity index (χ2n) is 3.59. The fourth-order valence-electron chi connectivity index (χ4n) is 1.15. The molecule has 0 saturated carbocycles. The van der Waals surface area contributed by atoms with Gasteiger partial charge in [0.05, 0.1) is 0 Å². The third-order valence-corrected chi connectivity index (χ3v) is 2.02. The Morgan fingerprint density at radius 3 is 2.00 bits per heavy atom. The van der Waals surface area contributed by atoms with Gasteiger partial charge in [0, 0.05) is 25.8 Å². The highest BCUT2D eigenvalue weighted by Gasteiger charge is 2.02. The summed E-state index contributed by atoms with van der Waals surface area (Å²) < 4.78 is 0. The van der Waals surface area contributed by atoms with Gasteiger partial charge in [0.1, 0.15) is 0 Å². The summed E-state index contributed by atoms with van der Waals surface area (Å²) in [5.74, 6) is -0.948. The van der Waals surface area contributed by atoms with Crippen molar-refractivity contribution in [2.45, 2.75) is 38.5 Å². The van der Waals surface area contributed by atoms with Gasteiger partial charge < -0.3 is 16.8 Å². The first-order valence-electron chi connectivity index (χ1n) is 5.35. The molecule has 0 fully saturated rings. The molecule has 0 heterocycles. The van der Waals surface area contributed by atoms with E-state index >= 15 is 0 Å². The van der Waals surface area contributed by atoms with Crippen LogP contribution in [0.2, 0.25) is 0 Å². The van der Waals surface area contributed by atoms with Gasteiger partial charge in [-0.1, -0.05) is 6.42 Å². The van der Waals surface area contributed by atoms with Crippen molar-refractivity contribution in [2.24, 2.45) is 11.5 Å². The van der Waals surface area contributed by atoms with Gasteiger partial charge in [-0.3, -0.25) is 14.4 Å².